The van der Waals surface area contributed by atoms with Crippen molar-refractivity contribution in [3.8, 4) is 0 Å². The molecule has 6 heteroatoms. The second kappa shape index (κ2) is 7.29. The molecule has 1 atom stereocenters. The Bertz CT molecular complexity index is 465. The quantitative estimate of drug-likeness (QED) is 0.747. The van der Waals surface area contributed by atoms with E-state index in [1.165, 1.54) is 12.8 Å². The first-order valence-electron chi connectivity index (χ1n) is 7.80. The van der Waals surface area contributed by atoms with Crippen LogP contribution in [-0.2, 0) is 14.9 Å². The third-order valence-corrected chi connectivity index (χ3v) is 5.57. The van der Waals surface area contributed by atoms with Crippen LogP contribution in [0.25, 0.3) is 0 Å². The molecule has 2 heterocycles. The van der Waals surface area contributed by atoms with Gasteiger partial charge in [-0.05, 0) is 38.4 Å². The molecule has 1 saturated heterocycles. The normalized spacial score (nSPS) is 19.5. The van der Waals surface area contributed by atoms with Crippen LogP contribution >= 0.6 is 11.8 Å². The van der Waals surface area contributed by atoms with Gasteiger partial charge in [-0.3, -0.25) is 4.79 Å². The first-order valence-corrected chi connectivity index (χ1v) is 8.85. The third-order valence-electron chi connectivity index (χ3n) is 4.19. The molecular weight excluding hydrogens is 288 g/mol. The molecule has 21 heavy (non-hydrogen) atoms. The summed E-state index contributed by atoms with van der Waals surface area (Å²) in [6, 6.07) is 0. The number of esters is 1. The van der Waals surface area contributed by atoms with Gasteiger partial charge in [-0.25, -0.2) is 0 Å². The van der Waals surface area contributed by atoms with Crippen molar-refractivity contribution < 1.29 is 14.1 Å². The van der Waals surface area contributed by atoms with Gasteiger partial charge in [-0.1, -0.05) is 25.4 Å². The van der Waals surface area contributed by atoms with Crippen molar-refractivity contribution in [2.24, 2.45) is 0 Å². The predicted molar refractivity (Wildman–Crippen MR) is 82.2 cm³/mol. The minimum Gasteiger partial charge on any atom is -0.465 e. The predicted octanol–water partition coefficient (Wildman–Crippen LogP) is 3.65. The van der Waals surface area contributed by atoms with E-state index in [0.29, 0.717) is 30.6 Å². The summed E-state index contributed by atoms with van der Waals surface area (Å²) in [4.78, 5) is 16.9. The van der Waals surface area contributed by atoms with Crippen molar-refractivity contribution in [2.45, 2.75) is 63.5 Å². The molecule has 0 saturated carbocycles. The van der Waals surface area contributed by atoms with Crippen molar-refractivity contribution >= 4 is 17.7 Å². The standard InChI is InChI=1S/C15H24N2O3S/c1-4-15(5-2,14(18)19-6-3)13-16-12(17-20-13)11-9-7-8-10-21-11/h11H,4-10H2,1-3H3. The topological polar surface area (TPSA) is 65.2 Å². The Morgan fingerprint density at radius 2 is 2.14 bits per heavy atom. The molecule has 118 valence electrons. The Morgan fingerprint density at radius 1 is 1.38 bits per heavy atom. The molecule has 1 aliphatic heterocycles. The molecule has 0 bridgehead atoms. The van der Waals surface area contributed by atoms with E-state index in [1.807, 2.05) is 32.5 Å². The zero-order valence-corrected chi connectivity index (χ0v) is 13.9. The molecule has 1 aromatic rings. The van der Waals surface area contributed by atoms with Crippen LogP contribution in [0, 0.1) is 0 Å². The largest absolute Gasteiger partial charge is 0.465 e. The molecule has 0 radical (unpaired) electrons. The average molecular weight is 312 g/mol. The van der Waals surface area contributed by atoms with E-state index in [-0.39, 0.29) is 5.97 Å². The molecule has 0 amide bonds. The van der Waals surface area contributed by atoms with Gasteiger partial charge in [0.15, 0.2) is 5.82 Å². The molecule has 0 aliphatic carbocycles. The van der Waals surface area contributed by atoms with Crippen LogP contribution in [0.3, 0.4) is 0 Å². The summed E-state index contributed by atoms with van der Waals surface area (Å²) in [5.41, 5.74) is -0.805. The first kappa shape index (κ1) is 16.3. The van der Waals surface area contributed by atoms with Gasteiger partial charge in [-0.15, -0.1) is 0 Å². The van der Waals surface area contributed by atoms with Gasteiger partial charge >= 0.3 is 5.97 Å². The highest BCUT2D eigenvalue weighted by Crippen LogP contribution is 2.39. The summed E-state index contributed by atoms with van der Waals surface area (Å²) in [5, 5.41) is 4.43. The van der Waals surface area contributed by atoms with E-state index in [1.54, 1.807) is 0 Å². The van der Waals surface area contributed by atoms with Crippen molar-refractivity contribution in [3.05, 3.63) is 11.7 Å². The summed E-state index contributed by atoms with van der Waals surface area (Å²) >= 11 is 1.87. The van der Waals surface area contributed by atoms with Gasteiger partial charge in [0.1, 0.15) is 5.41 Å². The molecule has 1 aliphatic rings. The van der Waals surface area contributed by atoms with E-state index < -0.39 is 5.41 Å². The van der Waals surface area contributed by atoms with E-state index in [2.05, 4.69) is 10.1 Å². The lowest BCUT2D eigenvalue weighted by Gasteiger charge is -2.24. The first-order chi connectivity index (χ1) is 10.2. The molecule has 0 spiro atoms. The molecular formula is C15H24N2O3S. The highest BCUT2D eigenvalue weighted by molar-refractivity contribution is 7.99. The maximum atomic E-state index is 12.4. The Kier molecular flexibility index (Phi) is 5.67. The van der Waals surface area contributed by atoms with Gasteiger partial charge in [0.05, 0.1) is 11.9 Å². The Balaban J connectivity index is 2.24. The number of hydrogen-bond donors (Lipinski definition) is 0. The second-order valence-corrected chi connectivity index (χ2v) is 6.63. The highest BCUT2D eigenvalue weighted by Gasteiger charge is 2.44. The van der Waals surface area contributed by atoms with E-state index in [0.717, 1.165) is 18.0 Å². The molecule has 1 unspecified atom stereocenters. The Labute approximate surface area is 130 Å². The lowest BCUT2D eigenvalue weighted by atomic mass is 9.82. The number of carbonyl (C=O) groups excluding carboxylic acids is 1. The fourth-order valence-corrected chi connectivity index (χ4v) is 3.94. The van der Waals surface area contributed by atoms with Crippen LogP contribution in [0.1, 0.15) is 69.8 Å². The summed E-state index contributed by atoms with van der Waals surface area (Å²) in [5.74, 6) is 2.01. The molecule has 0 aromatic carbocycles. The summed E-state index contributed by atoms with van der Waals surface area (Å²) in [6.45, 7) is 6.09. The number of rotatable bonds is 6. The summed E-state index contributed by atoms with van der Waals surface area (Å²) in [6.07, 6.45) is 4.73. The average Bonchev–Trinajstić information content (AvgIpc) is 3.01. The van der Waals surface area contributed by atoms with E-state index in [9.17, 15) is 4.79 Å². The number of nitrogens with zero attached hydrogens (tertiary/aromatic N) is 2. The smallest absolute Gasteiger partial charge is 0.321 e. The SMILES string of the molecule is CCOC(=O)C(CC)(CC)c1nc(C2CCCCS2)no1. The lowest BCUT2D eigenvalue weighted by molar-refractivity contribution is -0.151. The summed E-state index contributed by atoms with van der Waals surface area (Å²) in [7, 11) is 0. The number of hydrogen-bond acceptors (Lipinski definition) is 6. The van der Waals surface area contributed by atoms with E-state index >= 15 is 0 Å². The number of carbonyl (C=O) groups is 1. The molecule has 1 fully saturated rings. The monoisotopic (exact) mass is 312 g/mol. The minimum absolute atomic E-state index is 0.263. The third kappa shape index (κ3) is 3.25. The van der Waals surface area contributed by atoms with Gasteiger partial charge in [0, 0.05) is 0 Å². The van der Waals surface area contributed by atoms with Crippen molar-refractivity contribution in [2.75, 3.05) is 12.4 Å². The fourth-order valence-electron chi connectivity index (χ4n) is 2.70. The molecule has 0 N–H and O–H groups in total. The maximum Gasteiger partial charge on any atom is 0.321 e. The highest BCUT2D eigenvalue weighted by atomic mass is 32.2. The van der Waals surface area contributed by atoms with Gasteiger partial charge in [0.25, 0.3) is 0 Å². The number of aromatic nitrogens is 2. The zero-order valence-electron chi connectivity index (χ0n) is 13.1. The van der Waals surface area contributed by atoms with Gasteiger partial charge < -0.3 is 9.26 Å². The Hall–Kier alpha value is -1.04. The Morgan fingerprint density at radius 3 is 2.71 bits per heavy atom. The van der Waals surface area contributed by atoms with Crippen LogP contribution in [0.5, 0.6) is 0 Å². The number of thioether (sulfide) groups is 1. The van der Waals surface area contributed by atoms with Crippen molar-refractivity contribution in [3.63, 3.8) is 0 Å². The van der Waals surface area contributed by atoms with Gasteiger partial charge in [0.2, 0.25) is 5.89 Å². The molecule has 1 aromatic heterocycles. The van der Waals surface area contributed by atoms with Crippen LogP contribution < -0.4 is 0 Å². The minimum atomic E-state index is -0.805. The molecule has 5 nitrogen and oxygen atoms in total. The number of ether oxygens (including phenoxy) is 1. The van der Waals surface area contributed by atoms with Crippen LogP contribution in [-0.4, -0.2) is 28.5 Å². The van der Waals surface area contributed by atoms with Gasteiger partial charge in [-0.2, -0.15) is 16.7 Å². The van der Waals surface area contributed by atoms with Crippen molar-refractivity contribution in [1.29, 1.82) is 0 Å². The van der Waals surface area contributed by atoms with Crippen molar-refractivity contribution in [1.82, 2.24) is 10.1 Å². The lowest BCUT2D eigenvalue weighted by Crippen LogP contribution is -2.37. The second-order valence-electron chi connectivity index (χ2n) is 5.32. The summed E-state index contributed by atoms with van der Waals surface area (Å²) < 4.78 is 10.7. The zero-order chi connectivity index (χ0) is 15.3. The van der Waals surface area contributed by atoms with E-state index in [4.69, 9.17) is 9.26 Å². The van der Waals surface area contributed by atoms with Crippen LogP contribution in [0.15, 0.2) is 4.52 Å². The fraction of sp³-hybridized carbons (Fsp3) is 0.800. The van der Waals surface area contributed by atoms with Crippen LogP contribution in [0.2, 0.25) is 0 Å². The van der Waals surface area contributed by atoms with Crippen LogP contribution in [0.4, 0.5) is 0 Å². The maximum absolute atomic E-state index is 12.4. The molecule has 2 rings (SSSR count).